The first-order valence-corrected chi connectivity index (χ1v) is 20.6. The number of aliphatic hydroxyl groups excluding tert-OH is 2. The number of rotatable bonds is 35. The smallest absolute Gasteiger partial charge is 0.462 e. The molecule has 0 bridgehead atoms. The summed E-state index contributed by atoms with van der Waals surface area (Å²) in [5.41, 5.74) is 0. The molecule has 0 heterocycles. The van der Waals surface area contributed by atoms with Crippen molar-refractivity contribution in [2.45, 2.75) is 161 Å². The summed E-state index contributed by atoms with van der Waals surface area (Å²) in [4.78, 5) is 34.7. The number of hydrogen-bond donors (Lipinski definition) is 3. The largest absolute Gasteiger partial charge is 0.472 e. The monoisotopic (exact) mass is 728 g/mol. The Labute approximate surface area is 303 Å². The number of carbonyl (C=O) groups is 2. The molecule has 1 unspecified atom stereocenters. The molecule has 0 radical (unpaired) electrons. The van der Waals surface area contributed by atoms with E-state index in [-0.39, 0.29) is 19.4 Å². The second-order valence-electron chi connectivity index (χ2n) is 12.6. The number of aliphatic hydroxyl groups is 2. The Kier molecular flexibility index (Phi) is 33.9. The summed E-state index contributed by atoms with van der Waals surface area (Å²) in [7, 11) is -4.62. The molecule has 11 heteroatoms. The number of esters is 2. The van der Waals surface area contributed by atoms with Gasteiger partial charge in [-0.25, -0.2) is 4.57 Å². The normalized spacial score (nSPS) is 14.6. The first kappa shape index (κ1) is 47.9. The van der Waals surface area contributed by atoms with Crippen molar-refractivity contribution < 1.29 is 47.8 Å². The Bertz CT molecular complexity index is 978. The molecule has 3 N–H and O–H groups in total. The van der Waals surface area contributed by atoms with Crippen LogP contribution in [0.2, 0.25) is 0 Å². The molecule has 0 spiro atoms. The molecule has 0 aromatic rings. The third kappa shape index (κ3) is 34.4. The maximum Gasteiger partial charge on any atom is 0.472 e. The minimum atomic E-state index is -4.62. The van der Waals surface area contributed by atoms with Gasteiger partial charge in [0.15, 0.2) is 6.10 Å². The summed E-state index contributed by atoms with van der Waals surface area (Å²) in [6.07, 6.45) is 35.2. The van der Waals surface area contributed by atoms with E-state index < -0.39 is 51.8 Å². The first-order valence-electron chi connectivity index (χ1n) is 19.1. The molecule has 0 saturated carbocycles. The molecule has 3 atom stereocenters. The molecule has 0 saturated heterocycles. The van der Waals surface area contributed by atoms with E-state index in [0.717, 1.165) is 44.9 Å². The van der Waals surface area contributed by atoms with Gasteiger partial charge in [-0.15, -0.1) is 0 Å². The molecule has 10 nitrogen and oxygen atoms in total. The van der Waals surface area contributed by atoms with Gasteiger partial charge in [0.2, 0.25) is 0 Å². The Hall–Kier alpha value is -2.07. The first-order chi connectivity index (χ1) is 24.2. The van der Waals surface area contributed by atoms with Crippen molar-refractivity contribution >= 4 is 19.8 Å². The number of unbranched alkanes of at least 4 members (excludes halogenated alkanes) is 13. The highest BCUT2D eigenvalue weighted by atomic mass is 31.2. The van der Waals surface area contributed by atoms with E-state index in [1.807, 2.05) is 12.2 Å². The van der Waals surface area contributed by atoms with Crippen molar-refractivity contribution in [3.63, 3.8) is 0 Å². The highest BCUT2D eigenvalue weighted by molar-refractivity contribution is 7.47. The van der Waals surface area contributed by atoms with Crippen LogP contribution in [0.5, 0.6) is 0 Å². The highest BCUT2D eigenvalue weighted by Gasteiger charge is 2.27. The van der Waals surface area contributed by atoms with Gasteiger partial charge in [-0.3, -0.25) is 18.6 Å². The van der Waals surface area contributed by atoms with Crippen molar-refractivity contribution in [2.75, 3.05) is 26.4 Å². The van der Waals surface area contributed by atoms with E-state index in [9.17, 15) is 24.2 Å². The van der Waals surface area contributed by atoms with Gasteiger partial charge in [0.1, 0.15) is 12.7 Å². The third-order valence-corrected chi connectivity index (χ3v) is 8.69. The van der Waals surface area contributed by atoms with Gasteiger partial charge in [-0.1, -0.05) is 133 Å². The zero-order valence-electron chi connectivity index (χ0n) is 31.1. The summed E-state index contributed by atoms with van der Waals surface area (Å²) in [6, 6.07) is 0. The van der Waals surface area contributed by atoms with Gasteiger partial charge in [0.25, 0.3) is 0 Å². The molecular weight excluding hydrogens is 659 g/mol. The van der Waals surface area contributed by atoms with Crippen LogP contribution in [0.4, 0.5) is 0 Å². The van der Waals surface area contributed by atoms with Crippen molar-refractivity contribution in [3.8, 4) is 0 Å². The van der Waals surface area contributed by atoms with Crippen LogP contribution in [0.3, 0.4) is 0 Å². The molecule has 0 aliphatic rings. The van der Waals surface area contributed by atoms with Crippen LogP contribution in [0.15, 0.2) is 48.6 Å². The molecule has 0 fully saturated rings. The van der Waals surface area contributed by atoms with Crippen LogP contribution < -0.4 is 0 Å². The number of allylic oxidation sites excluding steroid dienone is 8. The van der Waals surface area contributed by atoms with E-state index in [4.69, 9.17) is 19.1 Å². The molecule has 0 aromatic carbocycles. The van der Waals surface area contributed by atoms with Crippen LogP contribution >= 0.6 is 7.82 Å². The second kappa shape index (κ2) is 35.3. The Balaban J connectivity index is 4.48. The molecule has 0 aliphatic carbocycles. The molecule has 290 valence electrons. The maximum absolute atomic E-state index is 12.5. The number of carbonyl (C=O) groups excluding carboxylic acids is 2. The van der Waals surface area contributed by atoms with Gasteiger partial charge in [0, 0.05) is 12.8 Å². The fraction of sp³-hybridized carbons (Fsp3) is 0.744. The lowest BCUT2D eigenvalue weighted by molar-refractivity contribution is -0.161. The SMILES string of the molecule is CCCCC/C=C\C/C=C\C/C=C\C/C=C\CCCC(=O)O[C@H](COC(=O)CCCCCCCCCCCC)COP(=O)(O)OC[C@@H](O)CO. The van der Waals surface area contributed by atoms with Crippen molar-refractivity contribution in [2.24, 2.45) is 0 Å². The van der Waals surface area contributed by atoms with Gasteiger partial charge in [-0.05, 0) is 51.4 Å². The lowest BCUT2D eigenvalue weighted by Gasteiger charge is -2.20. The fourth-order valence-electron chi connectivity index (χ4n) is 4.75. The summed E-state index contributed by atoms with van der Waals surface area (Å²) in [6.45, 7) is 2.25. The minimum Gasteiger partial charge on any atom is -0.462 e. The average Bonchev–Trinajstić information content (AvgIpc) is 3.10. The lowest BCUT2D eigenvalue weighted by Crippen LogP contribution is -2.29. The van der Waals surface area contributed by atoms with Crippen LogP contribution in [0.25, 0.3) is 0 Å². The zero-order valence-corrected chi connectivity index (χ0v) is 32.0. The predicted molar refractivity (Wildman–Crippen MR) is 201 cm³/mol. The average molecular weight is 729 g/mol. The van der Waals surface area contributed by atoms with E-state index in [2.05, 4.69) is 54.8 Å². The quantitative estimate of drug-likeness (QED) is 0.0249. The molecule has 0 rings (SSSR count). The van der Waals surface area contributed by atoms with Crippen molar-refractivity contribution in [1.82, 2.24) is 0 Å². The van der Waals surface area contributed by atoms with Gasteiger partial charge in [-0.2, -0.15) is 0 Å². The second-order valence-corrected chi connectivity index (χ2v) is 14.1. The van der Waals surface area contributed by atoms with E-state index in [1.165, 1.54) is 57.8 Å². The van der Waals surface area contributed by atoms with Crippen LogP contribution in [-0.2, 0) is 32.7 Å². The van der Waals surface area contributed by atoms with Crippen molar-refractivity contribution in [3.05, 3.63) is 48.6 Å². The van der Waals surface area contributed by atoms with Gasteiger partial charge < -0.3 is 24.6 Å². The third-order valence-electron chi connectivity index (χ3n) is 7.74. The molecular formula is C39H69O10P. The number of phosphoric ester groups is 1. The lowest BCUT2D eigenvalue weighted by atomic mass is 10.1. The van der Waals surface area contributed by atoms with E-state index >= 15 is 0 Å². The molecule has 0 aliphatic heterocycles. The summed E-state index contributed by atoms with van der Waals surface area (Å²) < 4.78 is 32.5. The summed E-state index contributed by atoms with van der Waals surface area (Å²) in [5.74, 6) is -0.995. The maximum atomic E-state index is 12.5. The van der Waals surface area contributed by atoms with Crippen LogP contribution in [-0.4, -0.2) is 65.7 Å². The Morgan fingerprint density at radius 3 is 1.62 bits per heavy atom. The standard InChI is InChI=1S/C39H69O10P/c1-3-5-7-9-11-13-15-16-17-18-19-20-21-23-25-27-29-31-39(43)49-37(35-48-50(44,45)47-33-36(41)32-40)34-46-38(42)30-28-26-24-22-14-12-10-8-6-4-2/h11,13,16-17,19-20,23,25,36-37,40-41H,3-10,12,14-15,18,21-22,24,26-35H2,1-2H3,(H,44,45)/b13-11-,17-16-,20-19-,25-23-/t36-,37+/m0/s1. The summed E-state index contributed by atoms with van der Waals surface area (Å²) >= 11 is 0. The molecule has 0 aromatic heterocycles. The number of hydrogen-bond acceptors (Lipinski definition) is 9. The van der Waals surface area contributed by atoms with Crippen LogP contribution in [0.1, 0.15) is 149 Å². The summed E-state index contributed by atoms with van der Waals surface area (Å²) in [5, 5.41) is 18.3. The number of ether oxygens (including phenoxy) is 2. The predicted octanol–water partition coefficient (Wildman–Crippen LogP) is 9.38. The minimum absolute atomic E-state index is 0.108. The highest BCUT2D eigenvalue weighted by Crippen LogP contribution is 2.43. The molecule has 50 heavy (non-hydrogen) atoms. The van der Waals surface area contributed by atoms with Crippen molar-refractivity contribution in [1.29, 1.82) is 0 Å². The Morgan fingerprint density at radius 1 is 0.600 bits per heavy atom. The number of phosphoric acid groups is 1. The zero-order chi connectivity index (χ0) is 37.0. The molecule has 0 amide bonds. The van der Waals surface area contributed by atoms with E-state index in [0.29, 0.717) is 19.3 Å². The van der Waals surface area contributed by atoms with E-state index in [1.54, 1.807) is 0 Å². The van der Waals surface area contributed by atoms with Gasteiger partial charge >= 0.3 is 19.8 Å². The van der Waals surface area contributed by atoms with Gasteiger partial charge in [0.05, 0.1) is 19.8 Å². The Morgan fingerprint density at radius 2 is 1.06 bits per heavy atom. The van der Waals surface area contributed by atoms with Crippen LogP contribution in [0, 0.1) is 0 Å². The topological polar surface area (TPSA) is 149 Å². The fourth-order valence-corrected chi connectivity index (χ4v) is 5.54.